The molecule has 1 N–H and O–H groups in total. The quantitative estimate of drug-likeness (QED) is 0.759. The van der Waals surface area contributed by atoms with Gasteiger partial charge in [0.1, 0.15) is 0 Å². The lowest BCUT2D eigenvalue weighted by Gasteiger charge is -2.34. The van der Waals surface area contributed by atoms with Crippen molar-refractivity contribution in [1.29, 1.82) is 0 Å². The zero-order chi connectivity index (χ0) is 14.1. The largest absolute Gasteiger partial charge is 0.481 e. The van der Waals surface area contributed by atoms with Gasteiger partial charge in [-0.05, 0) is 5.41 Å². The van der Waals surface area contributed by atoms with E-state index >= 15 is 0 Å². The van der Waals surface area contributed by atoms with E-state index in [1.807, 2.05) is 0 Å². The van der Waals surface area contributed by atoms with Crippen molar-refractivity contribution in [2.24, 2.45) is 5.41 Å². The molecule has 0 rings (SSSR count). The highest BCUT2D eigenvalue weighted by molar-refractivity contribution is 5.66. The van der Waals surface area contributed by atoms with Gasteiger partial charge in [-0.1, -0.05) is 27.7 Å². The van der Waals surface area contributed by atoms with Crippen molar-refractivity contribution in [1.82, 2.24) is 0 Å². The lowest BCUT2D eigenvalue weighted by molar-refractivity contribution is -0.362. The fraction of sp³-hybridized carbons (Fsp3) is 0.917. The SMILES string of the molecule is CCC(=O)O.COC(CC(C)(C)C)(OC)OC. The van der Waals surface area contributed by atoms with Crippen molar-refractivity contribution in [2.75, 3.05) is 21.3 Å². The van der Waals surface area contributed by atoms with Gasteiger partial charge >= 0.3 is 5.97 Å². The maximum atomic E-state index is 9.37. The van der Waals surface area contributed by atoms with Crippen LogP contribution in [0.15, 0.2) is 0 Å². The van der Waals surface area contributed by atoms with E-state index in [-0.39, 0.29) is 11.8 Å². The molecule has 0 heterocycles. The maximum Gasteiger partial charge on any atom is 0.303 e. The number of methoxy groups -OCH3 is 3. The molecule has 5 nitrogen and oxygen atoms in total. The normalized spacial score (nSPS) is 11.7. The molecule has 0 saturated carbocycles. The molecule has 0 bridgehead atoms. The van der Waals surface area contributed by atoms with Crippen LogP contribution in [0, 0.1) is 5.41 Å². The van der Waals surface area contributed by atoms with Gasteiger partial charge in [-0.2, -0.15) is 0 Å². The van der Waals surface area contributed by atoms with Gasteiger partial charge in [0.15, 0.2) is 0 Å². The Balaban J connectivity index is 0. The molecule has 0 atom stereocenters. The predicted molar refractivity (Wildman–Crippen MR) is 65.8 cm³/mol. The van der Waals surface area contributed by atoms with Gasteiger partial charge in [0.2, 0.25) is 0 Å². The van der Waals surface area contributed by atoms with Gasteiger partial charge in [-0.25, -0.2) is 0 Å². The zero-order valence-corrected chi connectivity index (χ0v) is 12.0. The average Bonchev–Trinajstić information content (AvgIpc) is 2.25. The Hall–Kier alpha value is -0.650. The monoisotopic (exact) mass is 250 g/mol. The number of hydrogen-bond donors (Lipinski definition) is 1. The highest BCUT2D eigenvalue weighted by atomic mass is 16.9. The Morgan fingerprint density at radius 2 is 1.35 bits per heavy atom. The van der Waals surface area contributed by atoms with E-state index < -0.39 is 11.9 Å². The molecule has 0 aromatic heterocycles. The van der Waals surface area contributed by atoms with Crippen molar-refractivity contribution >= 4 is 5.97 Å². The van der Waals surface area contributed by atoms with E-state index in [0.29, 0.717) is 6.42 Å². The number of hydrogen-bond acceptors (Lipinski definition) is 4. The van der Waals surface area contributed by atoms with Crippen LogP contribution in [0.2, 0.25) is 0 Å². The number of carbonyl (C=O) groups is 1. The Morgan fingerprint density at radius 1 is 1.06 bits per heavy atom. The van der Waals surface area contributed by atoms with Gasteiger partial charge in [-0.3, -0.25) is 4.79 Å². The number of carboxylic acids is 1. The molecule has 0 saturated heterocycles. The molecule has 5 heteroatoms. The first-order chi connectivity index (χ1) is 7.66. The van der Waals surface area contributed by atoms with Crippen molar-refractivity contribution in [2.45, 2.75) is 46.5 Å². The van der Waals surface area contributed by atoms with Crippen LogP contribution in [0.1, 0.15) is 40.5 Å². The van der Waals surface area contributed by atoms with Crippen LogP contribution in [0.4, 0.5) is 0 Å². The fourth-order valence-corrected chi connectivity index (χ4v) is 1.12. The minimum atomic E-state index is -0.891. The molecule has 0 aliphatic heterocycles. The summed E-state index contributed by atoms with van der Waals surface area (Å²) < 4.78 is 15.5. The summed E-state index contributed by atoms with van der Waals surface area (Å²) >= 11 is 0. The molecule has 0 radical (unpaired) electrons. The maximum absolute atomic E-state index is 9.37. The molecule has 17 heavy (non-hydrogen) atoms. The zero-order valence-electron chi connectivity index (χ0n) is 12.0. The second-order valence-electron chi connectivity index (χ2n) is 4.78. The lowest BCUT2D eigenvalue weighted by atomic mass is 9.91. The summed E-state index contributed by atoms with van der Waals surface area (Å²) in [6, 6.07) is 0. The number of ether oxygens (including phenoxy) is 3. The van der Waals surface area contributed by atoms with Crippen LogP contribution in [0.25, 0.3) is 0 Å². The molecule has 0 amide bonds. The summed E-state index contributed by atoms with van der Waals surface area (Å²) in [4.78, 5) is 9.37. The molecule has 0 unspecified atom stereocenters. The second kappa shape index (κ2) is 8.44. The first-order valence-corrected chi connectivity index (χ1v) is 5.53. The Bertz CT molecular complexity index is 195. The molecule has 0 fully saturated rings. The molecule has 0 aliphatic carbocycles. The Labute approximate surface area is 104 Å². The van der Waals surface area contributed by atoms with Crippen LogP contribution >= 0.6 is 0 Å². The third-order valence-corrected chi connectivity index (χ3v) is 1.98. The smallest absolute Gasteiger partial charge is 0.303 e. The first-order valence-electron chi connectivity index (χ1n) is 5.53. The fourth-order valence-electron chi connectivity index (χ4n) is 1.12. The summed E-state index contributed by atoms with van der Waals surface area (Å²) in [5, 5.41) is 7.72. The molecular weight excluding hydrogens is 224 g/mol. The minimum Gasteiger partial charge on any atom is -0.481 e. The standard InChI is InChI=1S/C9H20O3.C3H6O2/c1-8(2,3)7-9(10-4,11-5)12-6;1-2-3(4)5/h7H2,1-6H3;2H2,1H3,(H,4,5). The summed E-state index contributed by atoms with van der Waals surface area (Å²) in [7, 11) is 4.75. The average molecular weight is 250 g/mol. The van der Waals surface area contributed by atoms with Crippen LogP contribution in [0.5, 0.6) is 0 Å². The second-order valence-corrected chi connectivity index (χ2v) is 4.78. The van der Waals surface area contributed by atoms with E-state index in [0.717, 1.165) is 0 Å². The summed E-state index contributed by atoms with van der Waals surface area (Å²) in [5.74, 6) is -1.64. The van der Waals surface area contributed by atoms with E-state index in [9.17, 15) is 4.79 Å². The molecule has 104 valence electrons. The van der Waals surface area contributed by atoms with Gasteiger partial charge in [0.25, 0.3) is 5.97 Å². The van der Waals surface area contributed by atoms with Gasteiger partial charge < -0.3 is 19.3 Å². The molecule has 0 aliphatic rings. The molecular formula is C12H26O5. The third kappa shape index (κ3) is 10.2. The van der Waals surface area contributed by atoms with Crippen LogP contribution in [0.3, 0.4) is 0 Å². The van der Waals surface area contributed by atoms with E-state index in [1.165, 1.54) is 0 Å². The topological polar surface area (TPSA) is 65.0 Å². The summed E-state index contributed by atoms with van der Waals surface area (Å²) in [5.41, 5.74) is 0.113. The van der Waals surface area contributed by atoms with Crippen LogP contribution < -0.4 is 0 Å². The lowest BCUT2D eigenvalue weighted by Crippen LogP contribution is -2.39. The number of rotatable bonds is 5. The van der Waals surface area contributed by atoms with Crippen molar-refractivity contribution in [3.8, 4) is 0 Å². The number of carboxylic acid groups (broad SMARTS) is 1. The highest BCUT2D eigenvalue weighted by Crippen LogP contribution is 2.30. The third-order valence-electron chi connectivity index (χ3n) is 1.98. The van der Waals surface area contributed by atoms with Gasteiger partial charge in [-0.15, -0.1) is 0 Å². The Kier molecular flexibility index (Phi) is 9.29. The van der Waals surface area contributed by atoms with E-state index in [1.54, 1.807) is 28.3 Å². The first kappa shape index (κ1) is 18.7. The summed E-state index contributed by atoms with van der Waals surface area (Å²) in [6.07, 6.45) is 0.920. The van der Waals surface area contributed by atoms with Crippen molar-refractivity contribution in [3.05, 3.63) is 0 Å². The van der Waals surface area contributed by atoms with E-state index in [4.69, 9.17) is 19.3 Å². The van der Waals surface area contributed by atoms with Crippen molar-refractivity contribution in [3.63, 3.8) is 0 Å². The van der Waals surface area contributed by atoms with Gasteiger partial charge in [0.05, 0.1) is 0 Å². The molecule has 0 aromatic carbocycles. The van der Waals surface area contributed by atoms with Crippen molar-refractivity contribution < 1.29 is 24.1 Å². The molecule has 0 aromatic rings. The van der Waals surface area contributed by atoms with E-state index in [2.05, 4.69) is 20.8 Å². The molecule has 0 spiro atoms. The predicted octanol–water partition coefficient (Wildman–Crippen LogP) is 2.50. The van der Waals surface area contributed by atoms with Crippen LogP contribution in [-0.4, -0.2) is 38.4 Å². The Morgan fingerprint density at radius 3 is 1.41 bits per heavy atom. The van der Waals surface area contributed by atoms with Crippen LogP contribution in [-0.2, 0) is 19.0 Å². The minimum absolute atomic E-state index is 0.113. The van der Waals surface area contributed by atoms with Gasteiger partial charge in [0, 0.05) is 34.2 Å². The number of aliphatic carboxylic acids is 1. The summed E-state index contributed by atoms with van der Waals surface area (Å²) in [6.45, 7) is 7.93. The highest BCUT2D eigenvalue weighted by Gasteiger charge is 2.34.